The molecule has 10 heteroatoms. The molecule has 0 aliphatic carbocycles. The molecule has 0 bridgehead atoms. The molecule has 0 aliphatic rings. The average Bonchev–Trinajstić information content (AvgIpc) is 3.46. The second-order valence-corrected chi connectivity index (χ2v) is 21.6. The Kier molecular flexibility index (Phi) is 60.8. The van der Waals surface area contributed by atoms with E-state index in [4.69, 9.17) is 24.3 Å². The number of carbonyl (C=O) groups excluding carboxylic acids is 2. The third kappa shape index (κ3) is 64.4. The number of rotatable bonds is 57. The van der Waals surface area contributed by atoms with Crippen molar-refractivity contribution in [3.8, 4) is 0 Å². The number of allylic oxidation sites excluding steroid dienone is 28. The number of phosphoric ester groups is 1. The molecule has 0 aromatic rings. The highest BCUT2D eigenvalue weighted by atomic mass is 31.2. The summed E-state index contributed by atoms with van der Waals surface area (Å²) in [7, 11) is -4.42. The van der Waals surface area contributed by atoms with Crippen molar-refractivity contribution in [3.63, 3.8) is 0 Å². The zero-order chi connectivity index (χ0) is 58.7. The maximum Gasteiger partial charge on any atom is 0.472 e. The van der Waals surface area contributed by atoms with Crippen molar-refractivity contribution in [1.29, 1.82) is 0 Å². The van der Waals surface area contributed by atoms with Crippen LogP contribution < -0.4 is 5.73 Å². The summed E-state index contributed by atoms with van der Waals surface area (Å²) < 4.78 is 33.0. The lowest BCUT2D eigenvalue weighted by Crippen LogP contribution is -2.29. The zero-order valence-electron chi connectivity index (χ0n) is 50.9. The molecule has 2 atom stereocenters. The van der Waals surface area contributed by atoms with Gasteiger partial charge in [-0.25, -0.2) is 4.57 Å². The molecule has 0 saturated heterocycles. The molecule has 81 heavy (non-hydrogen) atoms. The van der Waals surface area contributed by atoms with E-state index in [1.807, 2.05) is 0 Å². The standard InChI is InChI=1S/C71H114NO8P/c1-3-5-7-9-11-13-15-17-19-21-23-25-26-27-28-29-30-31-32-33-34-35-36-37-38-39-40-41-42-44-46-48-50-52-54-56-58-60-62-64-71(74)80-69(68-79-81(75,76)78-66-65-72)67-77-70(73)63-61-59-57-55-53-51-49-47-45-43-24-22-20-18-16-14-12-10-8-6-4-2/h5,7,11,13,16-19,22-25,27-28,30-31,33-34,36-37,39-40,42,44,48,50,54,56,69H,3-4,6,8-10,12,14-15,20-21,26,29,32,35,38,41,43,45-47,49,51-53,55,57-68,72H2,1-2H3,(H,75,76)/b7-5-,13-11-,18-16-,19-17-,24-22-,25-23-,28-27-,31-30-,34-33-,37-36-,40-39-,44-42-,50-48-,56-54-. The summed E-state index contributed by atoms with van der Waals surface area (Å²) in [5.41, 5.74) is 5.38. The third-order valence-electron chi connectivity index (χ3n) is 12.6. The molecule has 0 saturated carbocycles. The summed E-state index contributed by atoms with van der Waals surface area (Å²) in [4.78, 5) is 35.2. The van der Waals surface area contributed by atoms with Crippen LogP contribution in [0.25, 0.3) is 0 Å². The number of unbranched alkanes of at least 4 members (excludes halogenated alkanes) is 16. The van der Waals surface area contributed by atoms with Gasteiger partial charge in [-0.2, -0.15) is 0 Å². The van der Waals surface area contributed by atoms with Gasteiger partial charge >= 0.3 is 19.8 Å². The highest BCUT2D eigenvalue weighted by Gasteiger charge is 2.26. The van der Waals surface area contributed by atoms with Crippen molar-refractivity contribution in [2.75, 3.05) is 26.4 Å². The smallest absolute Gasteiger partial charge is 0.462 e. The maximum atomic E-state index is 12.7. The molecule has 9 nitrogen and oxygen atoms in total. The highest BCUT2D eigenvalue weighted by molar-refractivity contribution is 7.47. The lowest BCUT2D eigenvalue weighted by molar-refractivity contribution is -0.161. The fourth-order valence-electron chi connectivity index (χ4n) is 7.94. The topological polar surface area (TPSA) is 134 Å². The first-order chi connectivity index (χ1) is 39.8. The van der Waals surface area contributed by atoms with Crippen molar-refractivity contribution in [2.45, 2.75) is 238 Å². The van der Waals surface area contributed by atoms with E-state index < -0.39 is 32.5 Å². The first-order valence-corrected chi connectivity index (χ1v) is 33.1. The molecule has 0 fully saturated rings. The van der Waals surface area contributed by atoms with Crippen LogP contribution in [0.2, 0.25) is 0 Å². The molecule has 0 radical (unpaired) electrons. The van der Waals surface area contributed by atoms with Crippen molar-refractivity contribution in [3.05, 3.63) is 170 Å². The molecule has 0 rings (SSSR count). The fraction of sp³-hybridized carbons (Fsp3) is 0.577. The van der Waals surface area contributed by atoms with Crippen LogP contribution in [0.3, 0.4) is 0 Å². The minimum Gasteiger partial charge on any atom is -0.462 e. The molecular weight excluding hydrogens is 1030 g/mol. The minimum atomic E-state index is -4.42. The van der Waals surface area contributed by atoms with E-state index in [0.29, 0.717) is 12.8 Å². The first-order valence-electron chi connectivity index (χ1n) is 31.6. The Bertz CT molecular complexity index is 1930. The van der Waals surface area contributed by atoms with E-state index in [2.05, 4.69) is 184 Å². The number of hydrogen-bond donors (Lipinski definition) is 2. The SMILES string of the molecule is CC/C=C\C/C=C\C/C=C\C/C=C\C/C=C\C/C=C\C/C=C\C/C=C\C/C=C\C/C=C\C/C=C\C/C=C\CCCCC(=O)OC(COC(=O)CCCCCCCCCCC/C=C\C/C=C\CCCCCCC)COP(=O)(O)OCCN. The molecule has 0 aliphatic heterocycles. The number of nitrogens with two attached hydrogens (primary N) is 1. The molecular formula is C71H114NO8P. The van der Waals surface area contributed by atoms with Gasteiger partial charge < -0.3 is 20.1 Å². The second kappa shape index (κ2) is 64.5. The predicted octanol–water partition coefficient (Wildman–Crippen LogP) is 20.6. The molecule has 0 aromatic carbocycles. The van der Waals surface area contributed by atoms with E-state index >= 15 is 0 Å². The van der Waals surface area contributed by atoms with Crippen LogP contribution in [0, 0.1) is 0 Å². The van der Waals surface area contributed by atoms with Gasteiger partial charge in [-0.1, -0.05) is 255 Å². The Balaban J connectivity index is 4.11. The van der Waals surface area contributed by atoms with Crippen LogP contribution in [0.1, 0.15) is 232 Å². The van der Waals surface area contributed by atoms with Crippen LogP contribution in [-0.2, 0) is 32.7 Å². The number of carbonyl (C=O) groups is 2. The molecule has 0 spiro atoms. The first kappa shape index (κ1) is 76.4. The van der Waals surface area contributed by atoms with E-state index in [-0.39, 0.29) is 32.6 Å². The van der Waals surface area contributed by atoms with E-state index in [9.17, 15) is 19.0 Å². The molecule has 0 aromatic heterocycles. The Morgan fingerprint density at radius 3 is 1.04 bits per heavy atom. The minimum absolute atomic E-state index is 0.0365. The van der Waals surface area contributed by atoms with E-state index in [1.54, 1.807) is 0 Å². The number of phosphoric acid groups is 1. The van der Waals surface area contributed by atoms with Gasteiger partial charge in [0.05, 0.1) is 13.2 Å². The summed E-state index contributed by atoms with van der Waals surface area (Å²) in [6.45, 7) is 3.55. The van der Waals surface area contributed by atoms with Crippen LogP contribution in [0.15, 0.2) is 170 Å². The van der Waals surface area contributed by atoms with E-state index in [1.165, 1.54) is 70.6 Å². The number of esters is 2. The quantitative estimate of drug-likeness (QED) is 0.0264. The van der Waals surface area contributed by atoms with Gasteiger partial charge in [-0.15, -0.1) is 0 Å². The summed E-state index contributed by atoms with van der Waals surface area (Å²) in [5, 5.41) is 0. The second-order valence-electron chi connectivity index (χ2n) is 20.2. The zero-order valence-corrected chi connectivity index (χ0v) is 51.8. The summed E-state index contributed by atoms with van der Waals surface area (Å²) in [5.74, 6) is -0.895. The molecule has 456 valence electrons. The number of ether oxygens (including phenoxy) is 2. The normalized spacial score (nSPS) is 14.2. The molecule has 0 heterocycles. The molecule has 0 amide bonds. The molecule has 2 unspecified atom stereocenters. The van der Waals surface area contributed by atoms with Crippen LogP contribution in [-0.4, -0.2) is 49.3 Å². The largest absolute Gasteiger partial charge is 0.472 e. The van der Waals surface area contributed by atoms with Gasteiger partial charge in [0.2, 0.25) is 0 Å². The van der Waals surface area contributed by atoms with Gasteiger partial charge in [0.25, 0.3) is 0 Å². The number of hydrogen-bond acceptors (Lipinski definition) is 8. The molecule has 3 N–H and O–H groups in total. The maximum absolute atomic E-state index is 12.7. The van der Waals surface area contributed by atoms with Crippen molar-refractivity contribution >= 4 is 19.8 Å². The van der Waals surface area contributed by atoms with Gasteiger partial charge in [0, 0.05) is 19.4 Å². The van der Waals surface area contributed by atoms with E-state index in [0.717, 1.165) is 122 Å². The van der Waals surface area contributed by atoms with Gasteiger partial charge in [-0.3, -0.25) is 18.6 Å². The Hall–Kier alpha value is -4.63. The van der Waals surface area contributed by atoms with Gasteiger partial charge in [0.15, 0.2) is 6.10 Å². The lowest BCUT2D eigenvalue weighted by atomic mass is 10.1. The van der Waals surface area contributed by atoms with Crippen molar-refractivity contribution < 1.29 is 37.6 Å². The fourth-order valence-corrected chi connectivity index (χ4v) is 8.71. The summed E-state index contributed by atoms with van der Waals surface area (Å²) in [6.07, 6.45) is 95.6. The third-order valence-corrected chi connectivity index (χ3v) is 13.6. The van der Waals surface area contributed by atoms with Crippen LogP contribution in [0.5, 0.6) is 0 Å². The summed E-state index contributed by atoms with van der Waals surface area (Å²) in [6, 6.07) is 0. The highest BCUT2D eigenvalue weighted by Crippen LogP contribution is 2.43. The van der Waals surface area contributed by atoms with Crippen molar-refractivity contribution in [1.82, 2.24) is 0 Å². The lowest BCUT2D eigenvalue weighted by Gasteiger charge is -2.19. The van der Waals surface area contributed by atoms with Crippen LogP contribution >= 0.6 is 7.82 Å². The van der Waals surface area contributed by atoms with Gasteiger partial charge in [0.1, 0.15) is 6.61 Å². The Labute approximate surface area is 495 Å². The Morgan fingerprint density at radius 2 is 0.679 bits per heavy atom. The monoisotopic (exact) mass is 1140 g/mol. The predicted molar refractivity (Wildman–Crippen MR) is 348 cm³/mol. The van der Waals surface area contributed by atoms with Crippen molar-refractivity contribution in [2.24, 2.45) is 5.73 Å². The summed E-state index contributed by atoms with van der Waals surface area (Å²) >= 11 is 0. The average molecular weight is 1140 g/mol. The Morgan fingerprint density at radius 1 is 0.383 bits per heavy atom. The van der Waals surface area contributed by atoms with Crippen LogP contribution in [0.4, 0.5) is 0 Å². The van der Waals surface area contributed by atoms with Gasteiger partial charge in [-0.05, 0) is 135 Å².